The van der Waals surface area contributed by atoms with Gasteiger partial charge in [-0.3, -0.25) is 0 Å². The zero-order valence-electron chi connectivity index (χ0n) is 10.8. The highest BCUT2D eigenvalue weighted by molar-refractivity contribution is 4.56. The van der Waals surface area contributed by atoms with Gasteiger partial charge in [0.1, 0.15) is 0 Å². The maximum absolute atomic E-state index is 5.69. The first-order valence-electron chi connectivity index (χ1n) is 6.63. The van der Waals surface area contributed by atoms with Crippen molar-refractivity contribution in [3.63, 3.8) is 0 Å². The standard InChI is InChI=1S/C13H29NO/c1-4-7-9-13(5-2)12-15-11-8-10-14-6-3/h13-14H,4-12H2,1-3H3. The lowest BCUT2D eigenvalue weighted by molar-refractivity contribution is 0.0922. The van der Waals surface area contributed by atoms with Crippen LogP contribution in [-0.2, 0) is 4.74 Å². The molecule has 0 aliphatic heterocycles. The van der Waals surface area contributed by atoms with E-state index in [2.05, 4.69) is 26.1 Å². The summed E-state index contributed by atoms with van der Waals surface area (Å²) in [4.78, 5) is 0. The number of unbranched alkanes of at least 4 members (excludes halogenated alkanes) is 1. The van der Waals surface area contributed by atoms with Crippen molar-refractivity contribution in [2.24, 2.45) is 5.92 Å². The third-order valence-corrected chi connectivity index (χ3v) is 2.79. The molecule has 2 heteroatoms. The molecular formula is C13H29NO. The topological polar surface area (TPSA) is 21.3 Å². The lowest BCUT2D eigenvalue weighted by Crippen LogP contribution is -2.17. The Hall–Kier alpha value is -0.0800. The molecule has 0 saturated carbocycles. The molecule has 0 bridgehead atoms. The summed E-state index contributed by atoms with van der Waals surface area (Å²) in [6.07, 6.45) is 6.38. The Morgan fingerprint density at radius 1 is 1.13 bits per heavy atom. The second kappa shape index (κ2) is 12.0. The molecule has 0 aliphatic carbocycles. The molecule has 2 nitrogen and oxygen atoms in total. The third-order valence-electron chi connectivity index (χ3n) is 2.79. The SMILES string of the molecule is CCCCC(CC)COCCCNCC. The quantitative estimate of drug-likeness (QED) is 0.534. The van der Waals surface area contributed by atoms with E-state index in [9.17, 15) is 0 Å². The summed E-state index contributed by atoms with van der Waals surface area (Å²) < 4.78 is 5.69. The van der Waals surface area contributed by atoms with Gasteiger partial charge in [-0.25, -0.2) is 0 Å². The van der Waals surface area contributed by atoms with Crippen molar-refractivity contribution < 1.29 is 4.74 Å². The van der Waals surface area contributed by atoms with Gasteiger partial charge >= 0.3 is 0 Å². The predicted octanol–water partition coefficient (Wildman–Crippen LogP) is 3.22. The van der Waals surface area contributed by atoms with Crippen molar-refractivity contribution >= 4 is 0 Å². The summed E-state index contributed by atoms with van der Waals surface area (Å²) in [5.41, 5.74) is 0. The monoisotopic (exact) mass is 215 g/mol. The van der Waals surface area contributed by atoms with E-state index in [1.807, 2.05) is 0 Å². The van der Waals surface area contributed by atoms with Crippen LogP contribution in [0.4, 0.5) is 0 Å². The molecule has 1 N–H and O–H groups in total. The van der Waals surface area contributed by atoms with Gasteiger partial charge in [-0.1, -0.05) is 40.0 Å². The van der Waals surface area contributed by atoms with Crippen LogP contribution in [0.3, 0.4) is 0 Å². The summed E-state index contributed by atoms with van der Waals surface area (Å²) in [5, 5.41) is 3.30. The van der Waals surface area contributed by atoms with Gasteiger partial charge in [0.2, 0.25) is 0 Å². The molecule has 0 aromatic carbocycles. The fourth-order valence-corrected chi connectivity index (χ4v) is 1.62. The molecule has 1 unspecified atom stereocenters. The van der Waals surface area contributed by atoms with Crippen molar-refractivity contribution in [1.82, 2.24) is 5.32 Å². The van der Waals surface area contributed by atoms with E-state index in [0.717, 1.165) is 38.6 Å². The molecule has 15 heavy (non-hydrogen) atoms. The zero-order valence-corrected chi connectivity index (χ0v) is 10.8. The van der Waals surface area contributed by atoms with Gasteiger partial charge in [0.15, 0.2) is 0 Å². The van der Waals surface area contributed by atoms with E-state index in [-0.39, 0.29) is 0 Å². The Kier molecular flexibility index (Phi) is 11.9. The maximum Gasteiger partial charge on any atom is 0.0494 e. The Labute approximate surface area is 95.8 Å². The molecule has 0 radical (unpaired) electrons. The summed E-state index contributed by atoms with van der Waals surface area (Å²) in [6.45, 7) is 10.7. The van der Waals surface area contributed by atoms with Gasteiger partial charge in [0.05, 0.1) is 0 Å². The number of hydrogen-bond donors (Lipinski definition) is 1. The van der Waals surface area contributed by atoms with Gasteiger partial charge in [0, 0.05) is 13.2 Å². The maximum atomic E-state index is 5.69. The fraction of sp³-hybridized carbons (Fsp3) is 1.00. The lowest BCUT2D eigenvalue weighted by atomic mass is 10.0. The zero-order chi connectivity index (χ0) is 11.4. The van der Waals surface area contributed by atoms with Crippen LogP contribution in [0.2, 0.25) is 0 Å². The highest BCUT2D eigenvalue weighted by atomic mass is 16.5. The third kappa shape index (κ3) is 10.2. The first kappa shape index (κ1) is 14.9. The molecule has 0 rings (SSSR count). The van der Waals surface area contributed by atoms with Crippen LogP contribution < -0.4 is 5.32 Å². The first-order chi connectivity index (χ1) is 7.35. The Morgan fingerprint density at radius 2 is 1.93 bits per heavy atom. The molecule has 92 valence electrons. The summed E-state index contributed by atoms with van der Waals surface area (Å²) >= 11 is 0. The number of nitrogens with one attached hydrogen (secondary N) is 1. The Bertz CT molecular complexity index is 117. The Morgan fingerprint density at radius 3 is 2.53 bits per heavy atom. The van der Waals surface area contributed by atoms with Crippen LogP contribution in [0.25, 0.3) is 0 Å². The summed E-state index contributed by atoms with van der Waals surface area (Å²) in [7, 11) is 0. The second-order valence-corrected chi connectivity index (χ2v) is 4.20. The molecule has 1 atom stereocenters. The van der Waals surface area contributed by atoms with E-state index in [0.29, 0.717) is 0 Å². The molecule has 0 aliphatic rings. The Balaban J connectivity index is 3.22. The van der Waals surface area contributed by atoms with Crippen molar-refractivity contribution in [1.29, 1.82) is 0 Å². The smallest absolute Gasteiger partial charge is 0.0494 e. The minimum absolute atomic E-state index is 0.782. The van der Waals surface area contributed by atoms with E-state index < -0.39 is 0 Å². The minimum atomic E-state index is 0.782. The van der Waals surface area contributed by atoms with Crippen LogP contribution in [0, 0.1) is 5.92 Å². The summed E-state index contributed by atoms with van der Waals surface area (Å²) in [5.74, 6) is 0.782. The van der Waals surface area contributed by atoms with Gasteiger partial charge < -0.3 is 10.1 Å². The number of hydrogen-bond acceptors (Lipinski definition) is 2. The van der Waals surface area contributed by atoms with Gasteiger partial charge in [-0.05, 0) is 31.8 Å². The first-order valence-corrected chi connectivity index (χ1v) is 6.63. The normalized spacial score (nSPS) is 13.0. The van der Waals surface area contributed by atoms with Crippen LogP contribution in [0.15, 0.2) is 0 Å². The minimum Gasteiger partial charge on any atom is -0.381 e. The van der Waals surface area contributed by atoms with Crippen LogP contribution in [-0.4, -0.2) is 26.3 Å². The van der Waals surface area contributed by atoms with E-state index in [1.54, 1.807) is 0 Å². The highest BCUT2D eigenvalue weighted by Crippen LogP contribution is 2.12. The average Bonchev–Trinajstić information content (AvgIpc) is 2.27. The summed E-state index contributed by atoms with van der Waals surface area (Å²) in [6, 6.07) is 0. The van der Waals surface area contributed by atoms with Crippen molar-refractivity contribution in [3.8, 4) is 0 Å². The lowest BCUT2D eigenvalue weighted by Gasteiger charge is -2.14. The molecule has 0 spiro atoms. The molecule has 0 aromatic rings. The van der Waals surface area contributed by atoms with Crippen LogP contribution in [0.5, 0.6) is 0 Å². The second-order valence-electron chi connectivity index (χ2n) is 4.20. The van der Waals surface area contributed by atoms with Gasteiger partial charge in [-0.2, -0.15) is 0 Å². The largest absolute Gasteiger partial charge is 0.381 e. The molecule has 0 fully saturated rings. The van der Waals surface area contributed by atoms with E-state index in [1.165, 1.54) is 25.7 Å². The predicted molar refractivity (Wildman–Crippen MR) is 67.3 cm³/mol. The molecule has 0 saturated heterocycles. The van der Waals surface area contributed by atoms with Crippen LogP contribution in [0.1, 0.15) is 52.9 Å². The average molecular weight is 215 g/mol. The molecule has 0 amide bonds. The van der Waals surface area contributed by atoms with Crippen molar-refractivity contribution in [2.45, 2.75) is 52.9 Å². The van der Waals surface area contributed by atoms with Crippen LogP contribution >= 0.6 is 0 Å². The van der Waals surface area contributed by atoms with Gasteiger partial charge in [-0.15, -0.1) is 0 Å². The van der Waals surface area contributed by atoms with Crippen molar-refractivity contribution in [2.75, 3.05) is 26.3 Å². The molecular weight excluding hydrogens is 186 g/mol. The fourth-order valence-electron chi connectivity index (χ4n) is 1.62. The number of ether oxygens (including phenoxy) is 1. The van der Waals surface area contributed by atoms with E-state index >= 15 is 0 Å². The van der Waals surface area contributed by atoms with Crippen molar-refractivity contribution in [3.05, 3.63) is 0 Å². The van der Waals surface area contributed by atoms with E-state index in [4.69, 9.17) is 4.74 Å². The number of rotatable bonds is 11. The van der Waals surface area contributed by atoms with Gasteiger partial charge in [0.25, 0.3) is 0 Å². The highest BCUT2D eigenvalue weighted by Gasteiger charge is 2.05. The molecule has 0 aromatic heterocycles. The molecule has 0 heterocycles.